The van der Waals surface area contributed by atoms with Crippen molar-refractivity contribution in [3.05, 3.63) is 46.7 Å². The molecule has 2 heterocycles. The van der Waals surface area contributed by atoms with Crippen LogP contribution in [0, 0.1) is 11.3 Å². The Hall–Kier alpha value is -2.89. The average molecular weight is 415 g/mol. The lowest BCUT2D eigenvalue weighted by Gasteiger charge is -2.17. The number of aliphatic hydroxyl groups is 1. The van der Waals surface area contributed by atoms with Gasteiger partial charge in [-0.05, 0) is 32.0 Å². The van der Waals surface area contributed by atoms with E-state index < -0.39 is 0 Å². The number of para-hydroxylation sites is 1. The highest BCUT2D eigenvalue weighted by atomic mass is 35.5. The third kappa shape index (κ3) is 5.13. The van der Waals surface area contributed by atoms with Crippen molar-refractivity contribution in [3.8, 4) is 6.07 Å². The van der Waals surface area contributed by atoms with E-state index in [0.29, 0.717) is 16.5 Å². The van der Waals surface area contributed by atoms with Crippen molar-refractivity contribution in [3.63, 3.8) is 0 Å². The minimum absolute atomic E-state index is 0.0198. The lowest BCUT2D eigenvalue weighted by Crippen LogP contribution is -2.32. The van der Waals surface area contributed by atoms with Gasteiger partial charge in [-0.3, -0.25) is 9.69 Å². The highest BCUT2D eigenvalue weighted by Gasteiger charge is 2.21. The fourth-order valence-electron chi connectivity index (χ4n) is 3.30. The minimum atomic E-state index is -0.275. The second-order valence-electron chi connectivity index (χ2n) is 7.04. The van der Waals surface area contributed by atoms with Crippen molar-refractivity contribution >= 4 is 28.8 Å². The Bertz CT molecular complexity index is 962. The van der Waals surface area contributed by atoms with Crippen LogP contribution in [0.4, 0.5) is 5.69 Å². The van der Waals surface area contributed by atoms with Gasteiger partial charge in [-0.1, -0.05) is 30.2 Å². The van der Waals surface area contributed by atoms with E-state index in [1.165, 1.54) is 0 Å². The third-order valence-corrected chi connectivity index (χ3v) is 5.04. The van der Waals surface area contributed by atoms with Crippen LogP contribution in [-0.2, 0) is 17.8 Å². The molecule has 0 unspecified atom stereocenters. The van der Waals surface area contributed by atoms with Crippen LogP contribution in [-0.4, -0.2) is 50.8 Å². The van der Waals surface area contributed by atoms with Gasteiger partial charge in [0.15, 0.2) is 5.82 Å². The van der Waals surface area contributed by atoms with E-state index in [9.17, 15) is 15.2 Å². The maximum Gasteiger partial charge on any atom is 0.238 e. The fraction of sp³-hybridized carbons (Fsp3) is 0.400. The van der Waals surface area contributed by atoms with Crippen LogP contribution in [0.3, 0.4) is 0 Å². The lowest BCUT2D eigenvalue weighted by molar-refractivity contribution is -0.117. The fourth-order valence-corrected chi connectivity index (χ4v) is 3.48. The first-order valence-corrected chi connectivity index (χ1v) is 9.85. The van der Waals surface area contributed by atoms with Crippen LogP contribution in [0.25, 0.3) is 5.57 Å². The van der Waals surface area contributed by atoms with E-state index in [-0.39, 0.29) is 30.3 Å². The molecule has 0 saturated carbocycles. The largest absolute Gasteiger partial charge is 0.509 e. The van der Waals surface area contributed by atoms with Gasteiger partial charge in [0.25, 0.3) is 0 Å². The summed E-state index contributed by atoms with van der Waals surface area (Å²) in [6, 6.07) is 9.00. The molecule has 2 aromatic rings. The van der Waals surface area contributed by atoms with Crippen molar-refractivity contribution in [1.82, 2.24) is 19.7 Å². The predicted molar refractivity (Wildman–Crippen MR) is 110 cm³/mol. The molecule has 1 aromatic carbocycles. The summed E-state index contributed by atoms with van der Waals surface area (Å²) in [4.78, 5) is 13.9. The molecule has 0 spiro atoms. The third-order valence-electron chi connectivity index (χ3n) is 4.71. The summed E-state index contributed by atoms with van der Waals surface area (Å²) in [5, 5.41) is 31.6. The zero-order valence-electron chi connectivity index (χ0n) is 16.2. The van der Waals surface area contributed by atoms with E-state index in [4.69, 9.17) is 11.6 Å². The second kappa shape index (κ2) is 9.54. The number of fused-ring (bicyclic) bond motifs is 1. The van der Waals surface area contributed by atoms with Crippen LogP contribution in [0.1, 0.15) is 30.9 Å². The summed E-state index contributed by atoms with van der Waals surface area (Å²) in [5.41, 5.74) is 0.611. The van der Waals surface area contributed by atoms with Crippen molar-refractivity contribution in [2.24, 2.45) is 0 Å². The van der Waals surface area contributed by atoms with Gasteiger partial charge in [-0.2, -0.15) is 5.26 Å². The summed E-state index contributed by atoms with van der Waals surface area (Å²) < 4.78 is 1.91. The molecule has 8 nitrogen and oxygen atoms in total. The average Bonchev–Trinajstić information content (AvgIpc) is 2.92. The Morgan fingerprint density at radius 1 is 1.31 bits per heavy atom. The van der Waals surface area contributed by atoms with Gasteiger partial charge in [-0.15, -0.1) is 10.2 Å². The van der Waals surface area contributed by atoms with Crippen LogP contribution in [0.15, 0.2) is 30.0 Å². The molecule has 3 rings (SSSR count). The summed E-state index contributed by atoms with van der Waals surface area (Å²) >= 11 is 6.05. The number of nitrogens with one attached hydrogen (secondary N) is 1. The molecule has 2 N–H and O–H groups in total. The Morgan fingerprint density at radius 3 is 2.86 bits per heavy atom. The molecular weight excluding hydrogens is 392 g/mol. The van der Waals surface area contributed by atoms with Crippen LogP contribution in [0.2, 0.25) is 5.02 Å². The van der Waals surface area contributed by atoms with E-state index in [1.807, 2.05) is 10.6 Å². The van der Waals surface area contributed by atoms with Crippen molar-refractivity contribution in [1.29, 1.82) is 5.26 Å². The van der Waals surface area contributed by atoms with Crippen molar-refractivity contribution < 1.29 is 9.90 Å². The first kappa shape index (κ1) is 20.8. The molecule has 0 saturated heterocycles. The summed E-state index contributed by atoms with van der Waals surface area (Å²) in [6.07, 6.45) is 3.94. The zero-order chi connectivity index (χ0) is 20.8. The Balaban J connectivity index is 1.68. The number of allylic oxidation sites excluding steroid dienone is 1. The number of carbonyl (C=O) groups excluding carboxylic acids is 1. The molecule has 1 aromatic heterocycles. The number of amides is 1. The number of aromatic nitrogens is 3. The molecule has 0 bridgehead atoms. The summed E-state index contributed by atoms with van der Waals surface area (Å²) in [6.45, 7) is 0.777. The molecule has 0 radical (unpaired) electrons. The SMILES string of the molecule is CN(CC(=O)Nc1ccccc1Cl)C/C(O)=C(\C#N)c1nnc2n1CCCCC2. The van der Waals surface area contributed by atoms with Gasteiger partial charge in [-0.25, -0.2) is 0 Å². The minimum Gasteiger partial charge on any atom is -0.509 e. The van der Waals surface area contributed by atoms with Gasteiger partial charge < -0.3 is 15.0 Å². The van der Waals surface area contributed by atoms with Gasteiger partial charge in [0, 0.05) is 13.0 Å². The van der Waals surface area contributed by atoms with Gasteiger partial charge in [0.05, 0.1) is 23.8 Å². The first-order valence-electron chi connectivity index (χ1n) is 9.47. The number of nitriles is 1. The van der Waals surface area contributed by atoms with Gasteiger partial charge in [0.2, 0.25) is 5.91 Å². The predicted octanol–water partition coefficient (Wildman–Crippen LogP) is 3.02. The molecule has 0 atom stereocenters. The van der Waals surface area contributed by atoms with Gasteiger partial charge >= 0.3 is 0 Å². The number of aryl methyl sites for hydroxylation is 1. The molecule has 0 aliphatic carbocycles. The maximum atomic E-state index is 12.3. The van der Waals surface area contributed by atoms with E-state index >= 15 is 0 Å². The van der Waals surface area contributed by atoms with E-state index in [1.54, 1.807) is 36.2 Å². The number of halogens is 1. The monoisotopic (exact) mass is 414 g/mol. The highest BCUT2D eigenvalue weighted by Crippen LogP contribution is 2.22. The maximum absolute atomic E-state index is 12.3. The molecule has 1 aliphatic rings. The number of likely N-dealkylation sites (N-methyl/N-ethyl adjacent to an activating group) is 1. The van der Waals surface area contributed by atoms with E-state index in [0.717, 1.165) is 38.1 Å². The molecule has 1 aliphatic heterocycles. The number of anilines is 1. The number of aliphatic hydroxyl groups excluding tert-OH is 1. The Morgan fingerprint density at radius 2 is 2.10 bits per heavy atom. The van der Waals surface area contributed by atoms with Crippen molar-refractivity contribution in [2.45, 2.75) is 32.2 Å². The molecule has 9 heteroatoms. The van der Waals surface area contributed by atoms with Crippen LogP contribution >= 0.6 is 11.6 Å². The molecular formula is C20H23ClN6O2. The Kier molecular flexibility index (Phi) is 6.86. The number of benzene rings is 1. The summed E-state index contributed by atoms with van der Waals surface area (Å²) in [7, 11) is 1.68. The number of carbonyl (C=O) groups is 1. The number of hydrogen-bond acceptors (Lipinski definition) is 6. The Labute approximate surface area is 174 Å². The van der Waals surface area contributed by atoms with Crippen molar-refractivity contribution in [2.75, 3.05) is 25.5 Å². The molecule has 1 amide bonds. The van der Waals surface area contributed by atoms with E-state index in [2.05, 4.69) is 15.5 Å². The number of rotatable bonds is 6. The number of hydrogen-bond donors (Lipinski definition) is 2. The molecule has 29 heavy (non-hydrogen) atoms. The standard InChI is InChI=1S/C20H23ClN6O2/c1-26(13-19(29)23-16-8-5-4-7-15(16)21)12-17(28)14(11-22)20-25-24-18-9-3-2-6-10-27(18)20/h4-5,7-8,28H,2-3,6,9-10,12-13H2,1H3,(H,23,29)/b17-14-. The van der Waals surface area contributed by atoms with Gasteiger partial charge in [0.1, 0.15) is 23.2 Å². The lowest BCUT2D eigenvalue weighted by atomic mass is 10.2. The first-order chi connectivity index (χ1) is 14.0. The normalized spacial score (nSPS) is 14.6. The molecule has 152 valence electrons. The highest BCUT2D eigenvalue weighted by molar-refractivity contribution is 6.33. The topological polar surface area (TPSA) is 107 Å². The van der Waals surface area contributed by atoms with Crippen LogP contribution < -0.4 is 5.32 Å². The zero-order valence-corrected chi connectivity index (χ0v) is 17.0. The number of nitrogens with zero attached hydrogens (tertiary/aromatic N) is 5. The van der Waals surface area contributed by atoms with Crippen LogP contribution in [0.5, 0.6) is 0 Å². The smallest absolute Gasteiger partial charge is 0.238 e. The second-order valence-corrected chi connectivity index (χ2v) is 7.44. The summed E-state index contributed by atoms with van der Waals surface area (Å²) in [5.74, 6) is 0.810. The quantitative estimate of drug-likeness (QED) is 0.555. The molecule has 0 fully saturated rings.